The minimum Gasteiger partial charge on any atom is -0.507 e. The quantitative estimate of drug-likeness (QED) is 0.288. The third-order valence-electron chi connectivity index (χ3n) is 5.62. The van der Waals surface area contributed by atoms with Crippen molar-refractivity contribution in [2.24, 2.45) is 0 Å². The molecule has 1 aliphatic rings. The van der Waals surface area contributed by atoms with Crippen molar-refractivity contribution in [2.75, 3.05) is 12.0 Å². The summed E-state index contributed by atoms with van der Waals surface area (Å²) in [6.45, 7) is 3.85. The zero-order valence-corrected chi connectivity index (χ0v) is 19.5. The normalized spacial score (nSPS) is 17.6. The number of rotatable bonds is 4. The molecule has 3 aromatic carbocycles. The number of aliphatic hydroxyl groups is 1. The smallest absolute Gasteiger partial charge is 0.300 e. The van der Waals surface area contributed by atoms with Crippen molar-refractivity contribution in [3.8, 4) is 5.75 Å². The van der Waals surface area contributed by atoms with Crippen LogP contribution in [0.2, 0.25) is 0 Å². The largest absolute Gasteiger partial charge is 0.507 e. The average Bonchev–Trinajstić information content (AvgIpc) is 3.06. The highest BCUT2D eigenvalue weighted by Gasteiger charge is 2.46. The Balaban J connectivity index is 1.93. The molecule has 0 aromatic heterocycles. The standard InChI is InChI=1S/C26H22BrNO4/c1-15-4-9-19(10-5-15)28-23(17-6-11-20(32-3)12-7-17)22(25(30)26(28)31)24(29)18-8-13-21(27)16(2)14-18/h4-14,23,29H,1-3H3/b24-22-. The molecule has 6 heteroatoms. The molecule has 1 unspecified atom stereocenters. The number of aliphatic hydroxyl groups excluding tert-OH is 1. The molecule has 0 bridgehead atoms. The minimum absolute atomic E-state index is 0.0578. The van der Waals surface area contributed by atoms with E-state index >= 15 is 0 Å². The van der Waals surface area contributed by atoms with Crippen LogP contribution in [0.3, 0.4) is 0 Å². The summed E-state index contributed by atoms with van der Waals surface area (Å²) < 4.78 is 6.14. The van der Waals surface area contributed by atoms with Gasteiger partial charge in [0.25, 0.3) is 11.7 Å². The van der Waals surface area contributed by atoms with Crippen LogP contribution in [0.4, 0.5) is 5.69 Å². The van der Waals surface area contributed by atoms with Gasteiger partial charge in [0.15, 0.2) is 0 Å². The Bertz CT molecular complexity index is 1230. The van der Waals surface area contributed by atoms with Gasteiger partial charge < -0.3 is 9.84 Å². The summed E-state index contributed by atoms with van der Waals surface area (Å²) in [7, 11) is 1.57. The average molecular weight is 492 g/mol. The van der Waals surface area contributed by atoms with Crippen molar-refractivity contribution in [1.82, 2.24) is 0 Å². The summed E-state index contributed by atoms with van der Waals surface area (Å²) in [4.78, 5) is 27.8. The van der Waals surface area contributed by atoms with Crippen LogP contribution >= 0.6 is 15.9 Å². The van der Waals surface area contributed by atoms with Crippen molar-refractivity contribution >= 4 is 39.1 Å². The van der Waals surface area contributed by atoms with Gasteiger partial charge in [-0.25, -0.2) is 0 Å². The number of amides is 1. The van der Waals surface area contributed by atoms with Crippen LogP contribution in [-0.2, 0) is 9.59 Å². The Kier molecular flexibility index (Phi) is 5.89. The number of ether oxygens (including phenoxy) is 1. The molecule has 0 spiro atoms. The first kappa shape index (κ1) is 21.8. The molecule has 1 fully saturated rings. The summed E-state index contributed by atoms with van der Waals surface area (Å²) in [6.07, 6.45) is 0. The predicted molar refractivity (Wildman–Crippen MR) is 128 cm³/mol. The molecule has 1 saturated heterocycles. The number of methoxy groups -OCH3 is 1. The van der Waals surface area contributed by atoms with Gasteiger partial charge in [0.2, 0.25) is 0 Å². The number of ketones is 1. The third kappa shape index (κ3) is 3.82. The van der Waals surface area contributed by atoms with Gasteiger partial charge in [-0.2, -0.15) is 0 Å². The Morgan fingerprint density at radius 3 is 2.22 bits per heavy atom. The molecule has 1 heterocycles. The first-order chi connectivity index (χ1) is 15.3. The van der Waals surface area contributed by atoms with E-state index in [1.165, 1.54) is 4.90 Å². The molecule has 1 N–H and O–H groups in total. The minimum atomic E-state index is -0.771. The Morgan fingerprint density at radius 2 is 1.62 bits per heavy atom. The summed E-state index contributed by atoms with van der Waals surface area (Å²) >= 11 is 3.45. The van der Waals surface area contributed by atoms with Gasteiger partial charge in [-0.05, 0) is 61.4 Å². The van der Waals surface area contributed by atoms with E-state index in [1.54, 1.807) is 55.6 Å². The second kappa shape index (κ2) is 8.63. The fourth-order valence-electron chi connectivity index (χ4n) is 3.85. The number of nitrogens with zero attached hydrogens (tertiary/aromatic N) is 1. The topological polar surface area (TPSA) is 66.8 Å². The number of carbonyl (C=O) groups is 2. The number of carbonyl (C=O) groups excluding carboxylic acids is 2. The van der Waals surface area contributed by atoms with E-state index in [2.05, 4.69) is 15.9 Å². The molecule has 1 amide bonds. The van der Waals surface area contributed by atoms with E-state index in [0.717, 1.165) is 15.6 Å². The maximum atomic E-state index is 13.2. The maximum absolute atomic E-state index is 13.2. The predicted octanol–water partition coefficient (Wildman–Crippen LogP) is 5.70. The highest BCUT2D eigenvalue weighted by Crippen LogP contribution is 2.42. The van der Waals surface area contributed by atoms with E-state index in [9.17, 15) is 14.7 Å². The van der Waals surface area contributed by atoms with Crippen LogP contribution in [0, 0.1) is 13.8 Å². The van der Waals surface area contributed by atoms with Crippen LogP contribution in [-0.4, -0.2) is 23.9 Å². The number of hydrogen-bond acceptors (Lipinski definition) is 4. The molecule has 4 rings (SSSR count). The van der Waals surface area contributed by atoms with Crippen molar-refractivity contribution in [3.63, 3.8) is 0 Å². The van der Waals surface area contributed by atoms with Crippen LogP contribution in [0.15, 0.2) is 76.8 Å². The summed E-state index contributed by atoms with van der Waals surface area (Å²) in [5.41, 5.74) is 3.76. The van der Waals surface area contributed by atoms with E-state index in [0.29, 0.717) is 22.6 Å². The highest BCUT2D eigenvalue weighted by atomic mass is 79.9. The van der Waals surface area contributed by atoms with E-state index in [1.807, 2.05) is 32.0 Å². The van der Waals surface area contributed by atoms with Gasteiger partial charge in [0.05, 0.1) is 18.7 Å². The number of hydrogen-bond donors (Lipinski definition) is 1. The highest BCUT2D eigenvalue weighted by molar-refractivity contribution is 9.10. The zero-order valence-electron chi connectivity index (χ0n) is 17.9. The van der Waals surface area contributed by atoms with Crippen LogP contribution in [0.5, 0.6) is 5.75 Å². The SMILES string of the molecule is COc1ccc(C2/C(=C(/O)c3ccc(Br)c(C)c3)C(=O)C(=O)N2c2ccc(C)cc2)cc1. The van der Waals surface area contributed by atoms with Gasteiger partial charge in [-0.1, -0.05) is 51.8 Å². The molecule has 32 heavy (non-hydrogen) atoms. The van der Waals surface area contributed by atoms with E-state index < -0.39 is 17.7 Å². The lowest BCUT2D eigenvalue weighted by molar-refractivity contribution is -0.132. The Labute approximate surface area is 195 Å². The Hall–Kier alpha value is -3.38. The van der Waals surface area contributed by atoms with Gasteiger partial charge in [-0.3, -0.25) is 14.5 Å². The summed E-state index contributed by atoms with van der Waals surface area (Å²) in [5, 5.41) is 11.2. The molecule has 0 radical (unpaired) electrons. The second-order valence-corrected chi connectivity index (χ2v) is 8.60. The van der Waals surface area contributed by atoms with Gasteiger partial charge in [0.1, 0.15) is 11.5 Å². The molecule has 3 aromatic rings. The lowest BCUT2D eigenvalue weighted by atomic mass is 9.94. The molecule has 5 nitrogen and oxygen atoms in total. The summed E-state index contributed by atoms with van der Waals surface area (Å²) in [5.74, 6) is -0.937. The molecule has 162 valence electrons. The van der Waals surface area contributed by atoms with Crippen molar-refractivity contribution in [1.29, 1.82) is 0 Å². The second-order valence-electron chi connectivity index (χ2n) is 7.74. The lowest BCUT2D eigenvalue weighted by Crippen LogP contribution is -2.29. The van der Waals surface area contributed by atoms with E-state index in [4.69, 9.17) is 4.74 Å². The van der Waals surface area contributed by atoms with Crippen LogP contribution < -0.4 is 9.64 Å². The monoisotopic (exact) mass is 491 g/mol. The van der Waals surface area contributed by atoms with Gasteiger partial charge in [-0.15, -0.1) is 0 Å². The first-order valence-corrected chi connectivity index (χ1v) is 10.9. The van der Waals surface area contributed by atoms with Crippen LogP contribution in [0.25, 0.3) is 5.76 Å². The fourth-order valence-corrected chi connectivity index (χ4v) is 4.10. The Morgan fingerprint density at radius 1 is 0.969 bits per heavy atom. The van der Waals surface area contributed by atoms with Gasteiger partial charge >= 0.3 is 0 Å². The number of aryl methyl sites for hydroxylation is 2. The molecule has 0 aliphatic carbocycles. The first-order valence-electron chi connectivity index (χ1n) is 10.1. The molecular weight excluding hydrogens is 470 g/mol. The number of halogens is 1. The fraction of sp³-hybridized carbons (Fsp3) is 0.154. The summed E-state index contributed by atoms with van der Waals surface area (Å²) in [6, 6.07) is 19.1. The van der Waals surface area contributed by atoms with Crippen molar-refractivity contribution in [3.05, 3.63) is 99.0 Å². The third-order valence-corrected chi connectivity index (χ3v) is 6.51. The number of benzene rings is 3. The van der Waals surface area contributed by atoms with Gasteiger partial charge in [0, 0.05) is 15.7 Å². The number of Topliss-reactive ketones (excluding diaryl/α,β-unsaturated/α-hetero) is 1. The lowest BCUT2D eigenvalue weighted by Gasteiger charge is -2.25. The van der Waals surface area contributed by atoms with Crippen molar-refractivity contribution < 1.29 is 19.4 Å². The number of anilines is 1. The van der Waals surface area contributed by atoms with E-state index in [-0.39, 0.29) is 11.3 Å². The molecule has 0 saturated carbocycles. The molecule has 1 atom stereocenters. The van der Waals surface area contributed by atoms with Crippen LogP contribution in [0.1, 0.15) is 28.3 Å². The van der Waals surface area contributed by atoms with Crippen molar-refractivity contribution in [2.45, 2.75) is 19.9 Å². The maximum Gasteiger partial charge on any atom is 0.300 e. The molecular formula is C26H22BrNO4. The molecule has 1 aliphatic heterocycles. The zero-order chi connectivity index (χ0) is 23.0.